The molecule has 0 aromatic heterocycles. The van der Waals surface area contributed by atoms with Gasteiger partial charge in [0.25, 0.3) is 0 Å². The molecule has 0 heterocycles. The molecule has 0 fully saturated rings. The average Bonchev–Trinajstić information content (AvgIpc) is 2.29. The van der Waals surface area contributed by atoms with Gasteiger partial charge in [-0.2, -0.15) is 0 Å². The summed E-state index contributed by atoms with van der Waals surface area (Å²) in [6, 6.07) is 4.63. The molecule has 1 rings (SSSR count). The highest BCUT2D eigenvalue weighted by molar-refractivity contribution is 7.89. The standard InChI is InChI=1S/C12H21N3O3S/c1-9(2)15(6-3-7-16)12-5-4-10(8-11(12)13)19(14,17)18/h4-5,8-9,16H,3,6-7,13H2,1-2H3,(H2,14,17,18). The third-order valence-electron chi connectivity index (χ3n) is 2.82. The van der Waals surface area contributed by atoms with E-state index in [4.69, 9.17) is 16.0 Å². The molecule has 1 aromatic carbocycles. The first-order chi connectivity index (χ1) is 8.77. The number of nitrogens with zero attached hydrogens (tertiary/aromatic N) is 1. The predicted molar refractivity (Wildman–Crippen MR) is 76.4 cm³/mol. The van der Waals surface area contributed by atoms with Gasteiger partial charge < -0.3 is 15.7 Å². The third-order valence-corrected chi connectivity index (χ3v) is 3.73. The Kier molecular flexibility index (Phi) is 5.16. The second kappa shape index (κ2) is 6.23. The molecule has 5 N–H and O–H groups in total. The Labute approximate surface area is 114 Å². The molecule has 108 valence electrons. The lowest BCUT2D eigenvalue weighted by molar-refractivity contribution is 0.288. The molecule has 0 radical (unpaired) electrons. The number of nitrogen functional groups attached to an aromatic ring is 1. The quantitative estimate of drug-likeness (QED) is 0.660. The number of primary sulfonamides is 1. The Morgan fingerprint density at radius 2 is 2.00 bits per heavy atom. The van der Waals surface area contributed by atoms with Crippen molar-refractivity contribution in [3.63, 3.8) is 0 Å². The first-order valence-corrected chi connectivity index (χ1v) is 7.62. The van der Waals surface area contributed by atoms with Crippen molar-refractivity contribution in [1.82, 2.24) is 0 Å². The van der Waals surface area contributed by atoms with E-state index in [1.807, 2.05) is 18.7 Å². The number of anilines is 2. The van der Waals surface area contributed by atoms with Crippen molar-refractivity contribution >= 4 is 21.4 Å². The number of aliphatic hydroxyl groups is 1. The molecule has 0 amide bonds. The zero-order valence-corrected chi connectivity index (χ0v) is 12.0. The van der Waals surface area contributed by atoms with Gasteiger partial charge in [-0.05, 0) is 38.5 Å². The normalized spacial score (nSPS) is 11.8. The Morgan fingerprint density at radius 3 is 2.42 bits per heavy atom. The maximum absolute atomic E-state index is 11.2. The van der Waals surface area contributed by atoms with Crippen LogP contribution in [0.5, 0.6) is 0 Å². The van der Waals surface area contributed by atoms with Crippen LogP contribution in [0.15, 0.2) is 23.1 Å². The summed E-state index contributed by atoms with van der Waals surface area (Å²) < 4.78 is 22.5. The Bertz CT molecular complexity index is 529. The van der Waals surface area contributed by atoms with Crippen LogP contribution in [0, 0.1) is 0 Å². The lowest BCUT2D eigenvalue weighted by Crippen LogP contribution is -2.33. The van der Waals surface area contributed by atoms with Gasteiger partial charge in [-0.3, -0.25) is 0 Å². The van der Waals surface area contributed by atoms with Gasteiger partial charge in [0.05, 0.1) is 16.3 Å². The van der Waals surface area contributed by atoms with Crippen LogP contribution < -0.4 is 15.8 Å². The van der Waals surface area contributed by atoms with Gasteiger partial charge in [0.1, 0.15) is 0 Å². The smallest absolute Gasteiger partial charge is 0.238 e. The second-order valence-corrected chi connectivity index (χ2v) is 6.19. The largest absolute Gasteiger partial charge is 0.397 e. The van der Waals surface area contributed by atoms with Crippen molar-refractivity contribution in [2.75, 3.05) is 23.8 Å². The fourth-order valence-corrected chi connectivity index (χ4v) is 2.42. The van der Waals surface area contributed by atoms with Gasteiger partial charge in [0, 0.05) is 19.2 Å². The summed E-state index contributed by atoms with van der Waals surface area (Å²) >= 11 is 0. The SMILES string of the molecule is CC(C)N(CCCO)c1ccc(S(N)(=O)=O)cc1N. The highest BCUT2D eigenvalue weighted by Gasteiger charge is 2.16. The molecule has 0 spiro atoms. The zero-order valence-electron chi connectivity index (χ0n) is 11.2. The van der Waals surface area contributed by atoms with E-state index in [1.165, 1.54) is 12.1 Å². The first kappa shape index (κ1) is 15.7. The Morgan fingerprint density at radius 1 is 1.37 bits per heavy atom. The summed E-state index contributed by atoms with van der Waals surface area (Å²) in [6.07, 6.45) is 0.620. The Hall–Kier alpha value is -1.31. The van der Waals surface area contributed by atoms with Crippen molar-refractivity contribution in [2.24, 2.45) is 5.14 Å². The summed E-state index contributed by atoms with van der Waals surface area (Å²) in [5.41, 5.74) is 7.01. The summed E-state index contributed by atoms with van der Waals surface area (Å²) in [6.45, 7) is 4.75. The maximum Gasteiger partial charge on any atom is 0.238 e. The summed E-state index contributed by atoms with van der Waals surface area (Å²) in [5, 5.41) is 14.0. The van der Waals surface area contributed by atoms with Gasteiger partial charge in [0.15, 0.2) is 0 Å². The van der Waals surface area contributed by atoms with Crippen LogP contribution in [0.4, 0.5) is 11.4 Å². The number of sulfonamides is 1. The molecule has 0 aliphatic carbocycles. The molecule has 0 unspecified atom stereocenters. The van der Waals surface area contributed by atoms with Gasteiger partial charge in [-0.25, -0.2) is 13.6 Å². The van der Waals surface area contributed by atoms with Crippen LogP contribution in [-0.4, -0.2) is 32.7 Å². The van der Waals surface area contributed by atoms with E-state index in [0.717, 1.165) is 5.69 Å². The molecule has 19 heavy (non-hydrogen) atoms. The second-order valence-electron chi connectivity index (χ2n) is 4.63. The van der Waals surface area contributed by atoms with Crippen molar-refractivity contribution in [1.29, 1.82) is 0 Å². The van der Waals surface area contributed by atoms with Crippen molar-refractivity contribution < 1.29 is 13.5 Å². The van der Waals surface area contributed by atoms with E-state index in [-0.39, 0.29) is 17.5 Å². The summed E-state index contributed by atoms with van der Waals surface area (Å²) in [4.78, 5) is 2.01. The maximum atomic E-state index is 11.2. The third kappa shape index (κ3) is 4.09. The van der Waals surface area contributed by atoms with E-state index in [1.54, 1.807) is 6.07 Å². The predicted octanol–water partition coefficient (Wildman–Crippen LogP) is 0.513. The van der Waals surface area contributed by atoms with Crippen LogP contribution in [0.25, 0.3) is 0 Å². The van der Waals surface area contributed by atoms with Gasteiger partial charge in [0.2, 0.25) is 10.0 Å². The van der Waals surface area contributed by atoms with E-state index in [0.29, 0.717) is 18.7 Å². The highest BCUT2D eigenvalue weighted by atomic mass is 32.2. The van der Waals surface area contributed by atoms with Crippen molar-refractivity contribution in [3.05, 3.63) is 18.2 Å². The molecule has 0 bridgehead atoms. The van der Waals surface area contributed by atoms with Crippen LogP contribution >= 0.6 is 0 Å². The summed E-state index contributed by atoms with van der Waals surface area (Å²) in [7, 11) is -3.74. The number of hydrogen-bond donors (Lipinski definition) is 3. The number of hydrogen-bond acceptors (Lipinski definition) is 5. The molecule has 0 aliphatic heterocycles. The topological polar surface area (TPSA) is 110 Å². The highest BCUT2D eigenvalue weighted by Crippen LogP contribution is 2.27. The average molecular weight is 287 g/mol. The van der Waals surface area contributed by atoms with E-state index < -0.39 is 10.0 Å². The molecular weight excluding hydrogens is 266 g/mol. The van der Waals surface area contributed by atoms with E-state index >= 15 is 0 Å². The zero-order chi connectivity index (χ0) is 14.6. The van der Waals surface area contributed by atoms with Crippen molar-refractivity contribution in [3.8, 4) is 0 Å². The number of benzene rings is 1. The van der Waals surface area contributed by atoms with Crippen molar-refractivity contribution in [2.45, 2.75) is 31.2 Å². The van der Waals surface area contributed by atoms with Gasteiger partial charge in [-0.1, -0.05) is 0 Å². The molecule has 0 saturated carbocycles. The molecule has 1 aromatic rings. The first-order valence-electron chi connectivity index (χ1n) is 6.07. The minimum atomic E-state index is -3.74. The lowest BCUT2D eigenvalue weighted by Gasteiger charge is -2.30. The van der Waals surface area contributed by atoms with Crippen LogP contribution in [-0.2, 0) is 10.0 Å². The van der Waals surface area contributed by atoms with Crippen LogP contribution in [0.1, 0.15) is 20.3 Å². The van der Waals surface area contributed by atoms with Crippen LogP contribution in [0.3, 0.4) is 0 Å². The van der Waals surface area contributed by atoms with E-state index in [2.05, 4.69) is 0 Å². The number of aliphatic hydroxyl groups excluding tert-OH is 1. The molecule has 0 atom stereocenters. The lowest BCUT2D eigenvalue weighted by atomic mass is 10.2. The van der Waals surface area contributed by atoms with Gasteiger partial charge in [-0.15, -0.1) is 0 Å². The minimum absolute atomic E-state index is 0.000357. The molecule has 0 saturated heterocycles. The Balaban J connectivity index is 3.12. The monoisotopic (exact) mass is 287 g/mol. The fraction of sp³-hybridized carbons (Fsp3) is 0.500. The van der Waals surface area contributed by atoms with Crippen LogP contribution in [0.2, 0.25) is 0 Å². The molecular formula is C12H21N3O3S. The number of rotatable bonds is 6. The molecule has 7 heteroatoms. The number of nitrogens with two attached hydrogens (primary N) is 2. The van der Waals surface area contributed by atoms with Gasteiger partial charge >= 0.3 is 0 Å². The summed E-state index contributed by atoms with van der Waals surface area (Å²) in [5.74, 6) is 0. The molecule has 0 aliphatic rings. The molecule has 6 nitrogen and oxygen atoms in total. The minimum Gasteiger partial charge on any atom is -0.397 e. The fourth-order valence-electron chi connectivity index (χ4n) is 1.87. The van der Waals surface area contributed by atoms with E-state index in [9.17, 15) is 8.42 Å².